The molecule has 3 aromatic rings. The van der Waals surface area contributed by atoms with Gasteiger partial charge in [-0.15, -0.1) is 5.10 Å². The molecule has 0 aliphatic heterocycles. The fourth-order valence-electron chi connectivity index (χ4n) is 1.78. The number of rotatable bonds is 4. The molecule has 0 atom stereocenters. The predicted octanol–water partition coefficient (Wildman–Crippen LogP) is 0.500. The molecule has 0 spiro atoms. The van der Waals surface area contributed by atoms with Crippen molar-refractivity contribution in [1.82, 2.24) is 29.1 Å². The van der Waals surface area contributed by atoms with Crippen LogP contribution in [0.4, 0.5) is 0 Å². The highest BCUT2D eigenvalue weighted by Gasteiger charge is 2.14. The number of benzene rings is 1. The summed E-state index contributed by atoms with van der Waals surface area (Å²) in [5.74, 6) is -0.256. The summed E-state index contributed by atoms with van der Waals surface area (Å²) in [6, 6.07) is 3.53. The molecule has 3 N–H and O–H groups in total. The Morgan fingerprint density at radius 1 is 1.43 bits per heavy atom. The number of nitrogens with one attached hydrogen (secondary N) is 1. The number of amides is 1. The van der Waals surface area contributed by atoms with E-state index >= 15 is 0 Å². The minimum Gasteiger partial charge on any atom is -0.349 e. The Morgan fingerprint density at radius 2 is 2.29 bits per heavy atom. The molecule has 21 heavy (non-hydrogen) atoms. The lowest BCUT2D eigenvalue weighted by atomic mass is 10.2. The van der Waals surface area contributed by atoms with Crippen LogP contribution in [0.5, 0.6) is 0 Å². The number of halogens is 1. The van der Waals surface area contributed by atoms with Gasteiger partial charge in [-0.3, -0.25) is 4.79 Å². The monoisotopic (exact) mass is 323 g/mol. The summed E-state index contributed by atoms with van der Waals surface area (Å²) in [5, 5.41) is 11.1. The molecule has 1 amide bonds. The minimum atomic E-state index is -0.256. The number of fused-ring (bicyclic) bond motifs is 1. The molecule has 0 unspecified atom stereocenters. The van der Waals surface area contributed by atoms with Gasteiger partial charge in [0.25, 0.3) is 0 Å². The van der Waals surface area contributed by atoms with Crippen LogP contribution in [0.25, 0.3) is 16.7 Å². The fourth-order valence-corrected chi connectivity index (χ4v) is 2.56. The van der Waals surface area contributed by atoms with Crippen LogP contribution in [0.3, 0.4) is 0 Å². The van der Waals surface area contributed by atoms with Crippen LogP contribution in [0.2, 0.25) is 5.02 Å². The van der Waals surface area contributed by atoms with E-state index in [4.69, 9.17) is 17.3 Å². The molecule has 108 valence electrons. The van der Waals surface area contributed by atoms with Gasteiger partial charge in [-0.25, -0.2) is 4.68 Å². The van der Waals surface area contributed by atoms with Crippen LogP contribution >= 0.6 is 23.3 Å². The highest BCUT2D eigenvalue weighted by atomic mass is 35.5. The predicted molar refractivity (Wildman–Crippen MR) is 78.2 cm³/mol. The molecular formula is C11H10ClN7OS. The van der Waals surface area contributed by atoms with Crippen molar-refractivity contribution in [2.45, 2.75) is 6.54 Å². The van der Waals surface area contributed by atoms with Gasteiger partial charge in [-0.05, 0) is 12.1 Å². The molecule has 2 heterocycles. The first-order valence-electron chi connectivity index (χ1n) is 5.98. The third kappa shape index (κ3) is 2.71. The molecule has 0 saturated heterocycles. The third-order valence-corrected chi connectivity index (χ3v) is 3.62. The first kappa shape index (κ1) is 13.9. The number of nitrogens with two attached hydrogens (primary N) is 1. The average Bonchev–Trinajstić information content (AvgIpc) is 3.13. The van der Waals surface area contributed by atoms with Crippen LogP contribution in [0, 0.1) is 0 Å². The first-order valence-corrected chi connectivity index (χ1v) is 7.09. The lowest BCUT2D eigenvalue weighted by Crippen LogP contribution is -2.29. The summed E-state index contributed by atoms with van der Waals surface area (Å²) in [4.78, 5) is 11.1. The molecule has 10 heteroatoms. The van der Waals surface area contributed by atoms with Crippen LogP contribution in [0.15, 0.2) is 18.3 Å². The second kappa shape index (κ2) is 5.72. The lowest BCUT2D eigenvalue weighted by Gasteiger charge is -2.03. The number of nitrogens with zero attached hydrogens (tertiary/aromatic N) is 5. The van der Waals surface area contributed by atoms with E-state index in [0.29, 0.717) is 21.9 Å². The molecule has 3 rings (SSSR count). The van der Waals surface area contributed by atoms with Crippen molar-refractivity contribution in [3.63, 3.8) is 0 Å². The van der Waals surface area contributed by atoms with Gasteiger partial charge in [0.2, 0.25) is 5.91 Å². The summed E-state index contributed by atoms with van der Waals surface area (Å²) in [5.41, 5.74) is 7.83. The smallest absolute Gasteiger partial charge is 0.234 e. The molecule has 0 aliphatic rings. The van der Waals surface area contributed by atoms with Gasteiger partial charge in [-0.1, -0.05) is 16.8 Å². The maximum Gasteiger partial charge on any atom is 0.234 e. The summed E-state index contributed by atoms with van der Waals surface area (Å²) in [6.07, 6.45) is 1.68. The van der Waals surface area contributed by atoms with Gasteiger partial charge in [-0.2, -0.15) is 8.75 Å². The second-order valence-corrected chi connectivity index (χ2v) is 5.10. The van der Waals surface area contributed by atoms with Gasteiger partial charge in [0.15, 0.2) is 0 Å². The fraction of sp³-hybridized carbons (Fsp3) is 0.182. The Labute approximate surface area is 128 Å². The highest BCUT2D eigenvalue weighted by Crippen LogP contribution is 2.27. The Morgan fingerprint density at radius 3 is 3.10 bits per heavy atom. The highest BCUT2D eigenvalue weighted by molar-refractivity contribution is 7.00. The normalized spacial score (nSPS) is 11.0. The van der Waals surface area contributed by atoms with E-state index in [1.54, 1.807) is 18.3 Å². The standard InChI is InChI=1S/C11H10ClN7OS/c12-7-1-2-8-10(17-21-16-8)11(7)19-5-6(15-18-19)4-14-9(20)3-13/h1-2,5H,3-4,13H2,(H,14,20). The maximum absolute atomic E-state index is 11.1. The number of hydrogen-bond donors (Lipinski definition) is 2. The zero-order valence-corrected chi connectivity index (χ0v) is 12.2. The van der Waals surface area contributed by atoms with E-state index in [2.05, 4.69) is 24.4 Å². The Balaban J connectivity index is 1.93. The number of carbonyl (C=O) groups excluding carboxylic acids is 1. The molecule has 1 aromatic carbocycles. The van der Waals surface area contributed by atoms with E-state index in [9.17, 15) is 4.79 Å². The van der Waals surface area contributed by atoms with E-state index in [1.807, 2.05) is 0 Å². The SMILES string of the molecule is NCC(=O)NCc1cn(-c2c(Cl)ccc3nsnc23)nn1. The van der Waals surface area contributed by atoms with E-state index in [-0.39, 0.29) is 19.0 Å². The van der Waals surface area contributed by atoms with Crippen LogP contribution < -0.4 is 11.1 Å². The van der Waals surface area contributed by atoms with Gasteiger partial charge < -0.3 is 11.1 Å². The largest absolute Gasteiger partial charge is 0.349 e. The van der Waals surface area contributed by atoms with Gasteiger partial charge in [0, 0.05) is 0 Å². The second-order valence-electron chi connectivity index (χ2n) is 4.16. The molecule has 2 aromatic heterocycles. The van der Waals surface area contributed by atoms with Gasteiger partial charge in [0.05, 0.1) is 36.0 Å². The summed E-state index contributed by atoms with van der Waals surface area (Å²) < 4.78 is 9.91. The van der Waals surface area contributed by atoms with Crippen molar-refractivity contribution >= 4 is 40.3 Å². The molecule has 0 bridgehead atoms. The molecule has 0 fully saturated rings. The lowest BCUT2D eigenvalue weighted by molar-refractivity contribution is -0.119. The minimum absolute atomic E-state index is 0.0657. The van der Waals surface area contributed by atoms with Crippen LogP contribution in [-0.2, 0) is 11.3 Å². The molecule has 0 aliphatic carbocycles. The Bertz CT molecular complexity index is 799. The Kier molecular flexibility index (Phi) is 3.78. The number of carbonyl (C=O) groups is 1. The zero-order chi connectivity index (χ0) is 14.8. The number of hydrogen-bond acceptors (Lipinski definition) is 7. The molecule has 8 nitrogen and oxygen atoms in total. The third-order valence-electron chi connectivity index (χ3n) is 2.77. The first-order chi connectivity index (χ1) is 10.2. The maximum atomic E-state index is 11.1. The molecule has 0 radical (unpaired) electrons. The van der Waals surface area contributed by atoms with Crippen molar-refractivity contribution in [2.75, 3.05) is 6.54 Å². The van der Waals surface area contributed by atoms with Crippen molar-refractivity contribution in [2.24, 2.45) is 5.73 Å². The molecule has 0 saturated carbocycles. The van der Waals surface area contributed by atoms with Crippen LogP contribution in [0.1, 0.15) is 5.69 Å². The zero-order valence-electron chi connectivity index (χ0n) is 10.7. The van der Waals surface area contributed by atoms with Crippen LogP contribution in [-0.4, -0.2) is 36.2 Å². The van der Waals surface area contributed by atoms with Gasteiger partial charge in [0.1, 0.15) is 22.4 Å². The van der Waals surface area contributed by atoms with E-state index in [1.165, 1.54) is 4.68 Å². The van der Waals surface area contributed by atoms with Crippen molar-refractivity contribution in [3.05, 3.63) is 29.0 Å². The Hall–Kier alpha value is -2.10. The quantitative estimate of drug-likeness (QED) is 0.723. The van der Waals surface area contributed by atoms with Crippen molar-refractivity contribution < 1.29 is 4.79 Å². The number of aromatic nitrogens is 5. The van der Waals surface area contributed by atoms with Crippen molar-refractivity contribution in [3.8, 4) is 5.69 Å². The summed E-state index contributed by atoms with van der Waals surface area (Å²) in [7, 11) is 0. The van der Waals surface area contributed by atoms with E-state index in [0.717, 1.165) is 17.2 Å². The van der Waals surface area contributed by atoms with Crippen molar-refractivity contribution in [1.29, 1.82) is 0 Å². The average molecular weight is 324 g/mol. The van der Waals surface area contributed by atoms with E-state index < -0.39 is 0 Å². The topological polar surface area (TPSA) is 112 Å². The summed E-state index contributed by atoms with van der Waals surface area (Å²) >= 11 is 7.32. The molecular weight excluding hydrogens is 314 g/mol. The summed E-state index contributed by atoms with van der Waals surface area (Å²) in [6.45, 7) is 0.183. The van der Waals surface area contributed by atoms with Gasteiger partial charge >= 0.3 is 0 Å².